The van der Waals surface area contributed by atoms with Crippen molar-refractivity contribution >= 4 is 0 Å². The van der Waals surface area contributed by atoms with Gasteiger partial charge >= 0.3 is 18.5 Å². The van der Waals surface area contributed by atoms with E-state index >= 15 is 0 Å². The Bertz CT molecular complexity index is 2120. The van der Waals surface area contributed by atoms with E-state index in [4.69, 9.17) is 42.6 Å². The Hall–Kier alpha value is -1.82. The molecule has 0 aromatic carbocycles. The summed E-state index contributed by atoms with van der Waals surface area (Å²) in [5.41, 5.74) is -6.09. The third kappa shape index (κ3) is 91.1. The summed E-state index contributed by atoms with van der Waals surface area (Å²) in [5, 5.41) is 0. The molecule has 0 bridgehead atoms. The fourth-order valence-corrected chi connectivity index (χ4v) is 6.09. The summed E-state index contributed by atoms with van der Waals surface area (Å²) in [6.07, 6.45) is 0.831. The van der Waals surface area contributed by atoms with Crippen LogP contribution >= 0.6 is 0 Å². The summed E-state index contributed by atoms with van der Waals surface area (Å²) in [7, 11) is 0. The van der Waals surface area contributed by atoms with Crippen LogP contribution in [0, 0.1) is 17.3 Å². The highest BCUT2D eigenvalue weighted by molar-refractivity contribution is 5.12. The minimum Gasteiger partial charge on any atom is -0.376 e. The van der Waals surface area contributed by atoms with Gasteiger partial charge in [0.15, 0.2) is 0 Å². The maximum Gasteiger partial charge on any atom is 0.411 e. The van der Waals surface area contributed by atoms with Crippen molar-refractivity contribution in [2.24, 2.45) is 17.3 Å². The van der Waals surface area contributed by atoms with E-state index in [0.717, 1.165) is 45.0 Å². The first kappa shape index (κ1) is 113. The highest BCUT2D eigenvalue weighted by Crippen LogP contribution is 2.56. The molecule has 2 unspecified atom stereocenters. The summed E-state index contributed by atoms with van der Waals surface area (Å²) in [5.74, 6) is -8.42. The second-order valence-corrected chi connectivity index (χ2v) is 38.6. The second kappa shape index (κ2) is 46.5. The van der Waals surface area contributed by atoms with E-state index in [9.17, 15) is 70.2 Å². The van der Waals surface area contributed by atoms with E-state index in [1.165, 1.54) is 59.3 Å². The SMILES string of the molecule is C=C(F)COC(C)(C)C.CC(C)(C)C1CC1.CC(C)(C)OC1CC1.CC(C)(C)OCC(F)(F)C(F)F.CC(C)(C)OCC(F)(F)F.CC(C)(C)OCC(F)F.CC(C)(C)OCC1(F)CC1.CC(C)(C)OCC1(F)CC1(F)F.CC(C)(C)OCC1CC1.CC(C)(C)OCC1CCO1.CC(F)(F)COC(C)(C)C. The van der Waals surface area contributed by atoms with E-state index < -0.39 is 121 Å². The molecule has 5 saturated carbocycles. The number of alkyl halides is 15. The Kier molecular flexibility index (Phi) is 49.5. The molecule has 2 atom stereocenters. The van der Waals surface area contributed by atoms with Crippen LogP contribution in [0.3, 0.4) is 0 Å². The molecule has 11 nitrogen and oxygen atoms in total. The van der Waals surface area contributed by atoms with E-state index in [-0.39, 0.29) is 41.2 Å². The fourth-order valence-electron chi connectivity index (χ4n) is 6.09. The molecule has 6 aliphatic rings. The maximum absolute atomic E-state index is 12.9. The van der Waals surface area contributed by atoms with Crippen molar-refractivity contribution in [1.29, 1.82) is 0 Å². The second-order valence-electron chi connectivity index (χ2n) is 38.6. The van der Waals surface area contributed by atoms with Gasteiger partial charge in [0.05, 0.1) is 108 Å². The summed E-state index contributed by atoms with van der Waals surface area (Å²) in [4.78, 5) is 0. The van der Waals surface area contributed by atoms with Crippen LogP contribution in [0.5, 0.6) is 0 Å². The van der Waals surface area contributed by atoms with Gasteiger partial charge in [0.1, 0.15) is 37.9 Å². The molecular formula is C79H150F16O11. The zero-order chi connectivity index (χ0) is 85.5. The van der Waals surface area contributed by atoms with Gasteiger partial charge in [0, 0.05) is 13.5 Å². The lowest BCUT2D eigenvalue weighted by Gasteiger charge is -2.29. The van der Waals surface area contributed by atoms with Crippen LogP contribution in [-0.4, -0.2) is 182 Å². The summed E-state index contributed by atoms with van der Waals surface area (Å²) in [6.45, 7) is 65.1. The molecule has 0 spiro atoms. The van der Waals surface area contributed by atoms with Crippen molar-refractivity contribution in [2.45, 2.75) is 416 Å². The minimum atomic E-state index is -4.22. The number of rotatable bonds is 19. The fraction of sp³-hybridized carbons (Fsp3) is 0.975. The van der Waals surface area contributed by atoms with Gasteiger partial charge in [0.25, 0.3) is 18.3 Å². The highest BCUT2D eigenvalue weighted by Gasteiger charge is 2.73. The average molecular weight is 1580 g/mol. The van der Waals surface area contributed by atoms with Gasteiger partial charge < -0.3 is 52.1 Å². The molecule has 0 amide bonds. The zero-order valence-corrected chi connectivity index (χ0v) is 71.9. The van der Waals surface area contributed by atoms with Crippen LogP contribution in [0.2, 0.25) is 0 Å². The number of halogens is 16. The van der Waals surface area contributed by atoms with Gasteiger partial charge in [-0.15, -0.1) is 0 Å². The first-order valence-corrected chi connectivity index (χ1v) is 36.8. The van der Waals surface area contributed by atoms with Crippen molar-refractivity contribution in [3.8, 4) is 0 Å². The molecule has 1 aliphatic heterocycles. The van der Waals surface area contributed by atoms with Crippen molar-refractivity contribution in [3.63, 3.8) is 0 Å². The predicted molar refractivity (Wildman–Crippen MR) is 395 cm³/mol. The van der Waals surface area contributed by atoms with Gasteiger partial charge in [-0.2, -0.15) is 22.0 Å². The number of hydrogen-bond acceptors (Lipinski definition) is 11. The quantitative estimate of drug-likeness (QED) is 0.116. The normalized spacial score (nSPS) is 19.5. The van der Waals surface area contributed by atoms with Crippen LogP contribution in [0.25, 0.3) is 0 Å². The average Bonchev–Trinajstić information content (AvgIpc) is 1.58. The molecule has 0 radical (unpaired) electrons. The van der Waals surface area contributed by atoms with Gasteiger partial charge in [-0.3, -0.25) is 0 Å². The molecule has 644 valence electrons. The lowest BCUT2D eigenvalue weighted by atomic mass is 9.91. The van der Waals surface area contributed by atoms with Crippen LogP contribution in [0.4, 0.5) is 70.2 Å². The first-order valence-electron chi connectivity index (χ1n) is 36.8. The molecule has 1 heterocycles. The van der Waals surface area contributed by atoms with Crippen molar-refractivity contribution in [2.75, 3.05) is 66.1 Å². The molecular weight excluding hydrogens is 1430 g/mol. The largest absolute Gasteiger partial charge is 0.411 e. The Morgan fingerprint density at radius 3 is 0.962 bits per heavy atom. The van der Waals surface area contributed by atoms with Crippen LogP contribution in [0.15, 0.2) is 12.4 Å². The molecule has 6 rings (SSSR count). The minimum absolute atomic E-state index is 0.00347. The monoisotopic (exact) mass is 1580 g/mol. The van der Waals surface area contributed by atoms with Crippen molar-refractivity contribution < 1.29 is 122 Å². The van der Waals surface area contributed by atoms with Gasteiger partial charge in [-0.25, -0.2) is 48.3 Å². The van der Waals surface area contributed by atoms with Crippen LogP contribution < -0.4 is 0 Å². The van der Waals surface area contributed by atoms with E-state index in [1.807, 2.05) is 41.5 Å². The van der Waals surface area contributed by atoms with Crippen LogP contribution in [0.1, 0.15) is 300 Å². The summed E-state index contributed by atoms with van der Waals surface area (Å²) >= 11 is 0. The first-order chi connectivity index (χ1) is 46.3. The Morgan fingerprint density at radius 2 is 0.774 bits per heavy atom. The number of ether oxygens (including phenoxy) is 11. The molecule has 1 saturated heterocycles. The van der Waals surface area contributed by atoms with E-state index in [1.54, 1.807) is 83.1 Å². The van der Waals surface area contributed by atoms with Crippen molar-refractivity contribution in [3.05, 3.63) is 12.4 Å². The summed E-state index contributed by atoms with van der Waals surface area (Å²) < 4.78 is 247. The van der Waals surface area contributed by atoms with E-state index in [0.29, 0.717) is 30.5 Å². The Morgan fingerprint density at radius 1 is 0.425 bits per heavy atom. The lowest BCUT2D eigenvalue weighted by molar-refractivity contribution is -0.196. The van der Waals surface area contributed by atoms with Crippen molar-refractivity contribution in [1.82, 2.24) is 0 Å². The predicted octanol–water partition coefficient (Wildman–Crippen LogP) is 24.9. The highest BCUT2D eigenvalue weighted by atomic mass is 19.4. The zero-order valence-electron chi connectivity index (χ0n) is 71.9. The Balaban J connectivity index is -0.000000354. The molecule has 27 heteroatoms. The third-order valence-corrected chi connectivity index (χ3v) is 12.9. The molecule has 6 fully saturated rings. The smallest absolute Gasteiger partial charge is 0.376 e. The summed E-state index contributed by atoms with van der Waals surface area (Å²) in [6, 6.07) is 0. The molecule has 106 heavy (non-hydrogen) atoms. The van der Waals surface area contributed by atoms with E-state index in [2.05, 4.69) is 99.1 Å². The third-order valence-electron chi connectivity index (χ3n) is 12.9. The maximum atomic E-state index is 12.9. The Labute approximate surface area is 631 Å². The molecule has 5 aliphatic carbocycles. The number of hydrogen-bond donors (Lipinski definition) is 0. The molecule has 0 aromatic rings. The topological polar surface area (TPSA) is 102 Å². The van der Waals surface area contributed by atoms with Gasteiger partial charge in [-0.1, -0.05) is 27.4 Å². The molecule has 0 aromatic heterocycles. The standard InChI is InChI=1S/C8H13F3O.C8H15FO.C8H16O2.C8H16O.C7H12F4O.C7H14F2O.C7H13FO.C7H14O.C7H14.C6H11F3O.C6H12F2O/c1-6(2,3)12-5-7(9)4-8(7,10)11;1-7(2,3)10-6-8(9)4-5-8;1-8(2,3)10-6-7-4-5-9-7;1-8(2,3)9-6-7-4-5-7;1-6(2,3)12-4-7(10,11)5(8)9;1-6(2,3)10-5-7(4,8)9;1-6(8)5-9-7(2,3)4;1-7(2,3)8-6-4-5-6;1-7(2,3)6-4-5-6;1-5(2,3)10-4-6(7,8)9;1-6(2,3)9-4-5(7)8/h4-5H2,1-3H3;4-6H2,1-3H3;7H,4-6H2,1-3H3;7H,4-6H2,1-3H3;5H,4H2,1-3H3;5H2,1-4H3;1,5H2,2-4H3;6H,4-5H2,1-3H3;6H,4-5H2,1-3H3;4H2,1-3H3;5H,4H2,1-3H3. The molecule has 0 N–H and O–H groups in total. The van der Waals surface area contributed by atoms with Gasteiger partial charge in [-0.05, 0) is 283 Å². The van der Waals surface area contributed by atoms with Gasteiger partial charge in [0.2, 0.25) is 5.67 Å². The lowest BCUT2D eigenvalue weighted by Crippen LogP contribution is -2.36. The van der Waals surface area contributed by atoms with Crippen LogP contribution in [-0.2, 0) is 52.1 Å².